The second-order valence-electron chi connectivity index (χ2n) is 4.59. The van der Waals surface area contributed by atoms with Gasteiger partial charge in [-0.05, 0) is 31.9 Å². The van der Waals surface area contributed by atoms with Gasteiger partial charge in [-0.15, -0.1) is 0 Å². The summed E-state index contributed by atoms with van der Waals surface area (Å²) < 4.78 is 5.22. The Bertz CT molecular complexity index is 394. The smallest absolute Gasteiger partial charge is 0.244 e. The molecule has 4 nitrogen and oxygen atoms in total. The van der Waals surface area contributed by atoms with E-state index < -0.39 is 5.54 Å². The minimum atomic E-state index is -0.789. The summed E-state index contributed by atoms with van der Waals surface area (Å²) in [7, 11) is 0. The van der Waals surface area contributed by atoms with Crippen LogP contribution in [0.3, 0.4) is 0 Å². The lowest BCUT2D eigenvalue weighted by molar-refractivity contribution is -0.124. The van der Waals surface area contributed by atoms with Crippen molar-refractivity contribution in [1.82, 2.24) is 0 Å². The Hall–Kier alpha value is -1.39. The van der Waals surface area contributed by atoms with E-state index in [2.05, 4.69) is 5.32 Å². The standard InChI is InChI=1S/C13H18N2O2/c1-10-2-4-11(5-3-10)15-12(16)13(14)6-8-17-9-7-13/h2-5H,6-9,14H2,1H3,(H,15,16). The normalized spacial score (nSPS) is 18.7. The molecule has 0 unspecified atom stereocenters. The Balaban J connectivity index is 2.03. The third-order valence-corrected chi connectivity index (χ3v) is 3.15. The van der Waals surface area contributed by atoms with Crippen LogP contribution in [0.15, 0.2) is 24.3 Å². The van der Waals surface area contributed by atoms with Crippen molar-refractivity contribution in [1.29, 1.82) is 0 Å². The maximum absolute atomic E-state index is 12.1. The first-order valence-electron chi connectivity index (χ1n) is 5.85. The maximum Gasteiger partial charge on any atom is 0.244 e. The zero-order valence-electron chi connectivity index (χ0n) is 10.0. The fourth-order valence-electron chi connectivity index (χ4n) is 1.86. The molecule has 0 saturated carbocycles. The molecular formula is C13H18N2O2. The van der Waals surface area contributed by atoms with E-state index in [1.807, 2.05) is 31.2 Å². The highest BCUT2D eigenvalue weighted by atomic mass is 16.5. The number of anilines is 1. The summed E-state index contributed by atoms with van der Waals surface area (Å²) in [4.78, 5) is 12.1. The van der Waals surface area contributed by atoms with Gasteiger partial charge in [0.05, 0.1) is 0 Å². The molecule has 92 valence electrons. The van der Waals surface area contributed by atoms with Crippen molar-refractivity contribution in [2.75, 3.05) is 18.5 Å². The second-order valence-corrected chi connectivity index (χ2v) is 4.59. The lowest BCUT2D eigenvalue weighted by atomic mass is 9.90. The first-order chi connectivity index (χ1) is 8.10. The van der Waals surface area contributed by atoms with Crippen LogP contribution < -0.4 is 11.1 Å². The number of nitrogens with one attached hydrogen (secondary N) is 1. The molecule has 2 rings (SSSR count). The minimum Gasteiger partial charge on any atom is -0.381 e. The predicted molar refractivity (Wildman–Crippen MR) is 66.8 cm³/mol. The van der Waals surface area contributed by atoms with Gasteiger partial charge in [-0.25, -0.2) is 0 Å². The van der Waals surface area contributed by atoms with E-state index in [4.69, 9.17) is 10.5 Å². The fraction of sp³-hybridized carbons (Fsp3) is 0.462. The molecular weight excluding hydrogens is 216 g/mol. The average molecular weight is 234 g/mol. The molecule has 1 aromatic rings. The number of amides is 1. The molecule has 1 saturated heterocycles. The van der Waals surface area contributed by atoms with Gasteiger partial charge < -0.3 is 15.8 Å². The lowest BCUT2D eigenvalue weighted by Crippen LogP contribution is -2.54. The van der Waals surface area contributed by atoms with Crippen LogP contribution in [0.2, 0.25) is 0 Å². The van der Waals surface area contributed by atoms with Crippen LogP contribution in [0.4, 0.5) is 5.69 Å². The number of hydrogen-bond acceptors (Lipinski definition) is 3. The van der Waals surface area contributed by atoms with Crippen molar-refractivity contribution >= 4 is 11.6 Å². The summed E-state index contributed by atoms with van der Waals surface area (Å²) in [6.07, 6.45) is 1.15. The van der Waals surface area contributed by atoms with Crippen LogP contribution in [0.1, 0.15) is 18.4 Å². The predicted octanol–water partition coefficient (Wildman–Crippen LogP) is 1.44. The van der Waals surface area contributed by atoms with Gasteiger partial charge in [-0.3, -0.25) is 4.79 Å². The van der Waals surface area contributed by atoms with Gasteiger partial charge in [-0.1, -0.05) is 17.7 Å². The van der Waals surface area contributed by atoms with Crippen molar-refractivity contribution in [2.24, 2.45) is 5.73 Å². The van der Waals surface area contributed by atoms with Crippen LogP contribution in [0.25, 0.3) is 0 Å². The number of aryl methyl sites for hydroxylation is 1. The van der Waals surface area contributed by atoms with E-state index in [9.17, 15) is 4.79 Å². The van der Waals surface area contributed by atoms with E-state index >= 15 is 0 Å². The molecule has 0 aliphatic carbocycles. The zero-order valence-corrected chi connectivity index (χ0v) is 10.0. The molecule has 1 fully saturated rings. The Labute approximate surface area is 101 Å². The zero-order chi connectivity index (χ0) is 12.3. The molecule has 0 atom stereocenters. The van der Waals surface area contributed by atoms with Crippen molar-refractivity contribution in [3.8, 4) is 0 Å². The highest BCUT2D eigenvalue weighted by Gasteiger charge is 2.35. The largest absolute Gasteiger partial charge is 0.381 e. The molecule has 1 aromatic carbocycles. The number of rotatable bonds is 2. The van der Waals surface area contributed by atoms with Gasteiger partial charge in [0.1, 0.15) is 5.54 Å². The second kappa shape index (κ2) is 4.85. The number of benzene rings is 1. The van der Waals surface area contributed by atoms with Crippen LogP contribution in [-0.4, -0.2) is 24.7 Å². The number of carbonyl (C=O) groups is 1. The number of hydrogen-bond donors (Lipinski definition) is 2. The SMILES string of the molecule is Cc1ccc(NC(=O)C2(N)CCOCC2)cc1. The molecule has 0 bridgehead atoms. The summed E-state index contributed by atoms with van der Waals surface area (Å²) >= 11 is 0. The quantitative estimate of drug-likeness (QED) is 0.814. The maximum atomic E-state index is 12.1. The molecule has 0 spiro atoms. The van der Waals surface area contributed by atoms with Gasteiger partial charge >= 0.3 is 0 Å². The molecule has 4 heteroatoms. The Morgan fingerprint density at radius 1 is 1.29 bits per heavy atom. The third-order valence-electron chi connectivity index (χ3n) is 3.15. The Morgan fingerprint density at radius 2 is 1.88 bits per heavy atom. The van der Waals surface area contributed by atoms with Crippen LogP contribution >= 0.6 is 0 Å². The van der Waals surface area contributed by atoms with Gasteiger partial charge in [0.25, 0.3) is 0 Å². The Morgan fingerprint density at radius 3 is 2.47 bits per heavy atom. The summed E-state index contributed by atoms with van der Waals surface area (Å²) in [5, 5.41) is 2.86. The first-order valence-corrected chi connectivity index (χ1v) is 5.85. The molecule has 1 aliphatic heterocycles. The lowest BCUT2D eigenvalue weighted by Gasteiger charge is -2.31. The summed E-state index contributed by atoms with van der Waals surface area (Å²) in [6.45, 7) is 3.12. The molecule has 0 aromatic heterocycles. The monoisotopic (exact) mass is 234 g/mol. The summed E-state index contributed by atoms with van der Waals surface area (Å²) in [5.74, 6) is -0.121. The van der Waals surface area contributed by atoms with Crippen molar-refractivity contribution < 1.29 is 9.53 Å². The Kier molecular flexibility index (Phi) is 3.45. The van der Waals surface area contributed by atoms with Gasteiger partial charge in [-0.2, -0.15) is 0 Å². The van der Waals surface area contributed by atoms with E-state index in [0.29, 0.717) is 26.1 Å². The summed E-state index contributed by atoms with van der Waals surface area (Å²) in [6, 6.07) is 7.69. The number of ether oxygens (including phenoxy) is 1. The fourth-order valence-corrected chi connectivity index (χ4v) is 1.86. The van der Waals surface area contributed by atoms with Gasteiger partial charge in [0.15, 0.2) is 0 Å². The minimum absolute atomic E-state index is 0.121. The topological polar surface area (TPSA) is 64.4 Å². The van der Waals surface area contributed by atoms with Crippen LogP contribution in [0.5, 0.6) is 0 Å². The molecule has 3 N–H and O–H groups in total. The van der Waals surface area contributed by atoms with Gasteiger partial charge in [0, 0.05) is 18.9 Å². The van der Waals surface area contributed by atoms with E-state index in [1.165, 1.54) is 0 Å². The average Bonchev–Trinajstić information content (AvgIpc) is 2.33. The number of carbonyl (C=O) groups excluding carboxylic acids is 1. The molecule has 17 heavy (non-hydrogen) atoms. The molecule has 0 radical (unpaired) electrons. The van der Waals surface area contributed by atoms with Crippen LogP contribution in [0, 0.1) is 6.92 Å². The van der Waals surface area contributed by atoms with Crippen LogP contribution in [-0.2, 0) is 9.53 Å². The van der Waals surface area contributed by atoms with Gasteiger partial charge in [0.2, 0.25) is 5.91 Å². The van der Waals surface area contributed by atoms with E-state index in [-0.39, 0.29) is 5.91 Å². The molecule has 1 heterocycles. The first kappa shape index (κ1) is 12.1. The van der Waals surface area contributed by atoms with Crippen molar-refractivity contribution in [3.63, 3.8) is 0 Å². The molecule has 1 amide bonds. The van der Waals surface area contributed by atoms with E-state index in [1.54, 1.807) is 0 Å². The number of nitrogens with two attached hydrogens (primary N) is 1. The van der Waals surface area contributed by atoms with E-state index in [0.717, 1.165) is 11.3 Å². The molecule has 1 aliphatic rings. The highest BCUT2D eigenvalue weighted by molar-refractivity contribution is 5.98. The highest BCUT2D eigenvalue weighted by Crippen LogP contribution is 2.20. The summed E-state index contributed by atoms with van der Waals surface area (Å²) in [5.41, 5.74) is 7.25. The van der Waals surface area contributed by atoms with Crippen molar-refractivity contribution in [2.45, 2.75) is 25.3 Å². The van der Waals surface area contributed by atoms with Crippen molar-refractivity contribution in [3.05, 3.63) is 29.8 Å². The third kappa shape index (κ3) is 2.84.